The van der Waals surface area contributed by atoms with Crippen molar-refractivity contribution in [3.8, 4) is 0 Å². The number of alkyl halides is 2. The van der Waals surface area contributed by atoms with Crippen LogP contribution in [0, 0.1) is 12.8 Å². The lowest BCUT2D eigenvalue weighted by atomic mass is 9.82. The van der Waals surface area contributed by atoms with Gasteiger partial charge in [-0.1, -0.05) is 0 Å². The second-order valence-corrected chi connectivity index (χ2v) is 5.99. The van der Waals surface area contributed by atoms with Crippen LogP contribution in [-0.4, -0.2) is 5.92 Å². The van der Waals surface area contributed by atoms with Crippen LogP contribution in [0.4, 0.5) is 8.78 Å². The molecule has 0 spiro atoms. The Hall–Kier alpha value is -0.480. The number of halogens is 2. The molecule has 0 saturated heterocycles. The summed E-state index contributed by atoms with van der Waals surface area (Å²) in [6, 6.07) is 4.00. The predicted molar refractivity (Wildman–Crippen MR) is 62.9 cm³/mol. The minimum absolute atomic E-state index is 0.00424. The monoisotopic (exact) mass is 245 g/mol. The highest BCUT2D eigenvalue weighted by Gasteiger charge is 2.37. The second kappa shape index (κ2) is 4.41. The second-order valence-electron chi connectivity index (χ2n) is 4.67. The van der Waals surface area contributed by atoms with Crippen molar-refractivity contribution in [2.75, 3.05) is 0 Å². The van der Waals surface area contributed by atoms with Crippen molar-refractivity contribution in [1.82, 2.24) is 0 Å². The molecule has 4 heteroatoms. The van der Waals surface area contributed by atoms with Crippen molar-refractivity contribution < 1.29 is 8.78 Å². The first-order valence-corrected chi connectivity index (χ1v) is 6.49. The molecule has 1 aromatic heterocycles. The standard InChI is InChI=1S/C12H17F2NS/c1-8-2-3-10(16-8)11(15)9-4-6-12(13,14)7-5-9/h2-3,9,11H,4-7,15H2,1H3. The lowest BCUT2D eigenvalue weighted by Crippen LogP contribution is -2.30. The first-order valence-electron chi connectivity index (χ1n) is 5.68. The molecule has 0 aliphatic heterocycles. The van der Waals surface area contributed by atoms with E-state index in [4.69, 9.17) is 5.73 Å². The van der Waals surface area contributed by atoms with Gasteiger partial charge in [-0.3, -0.25) is 0 Å². The van der Waals surface area contributed by atoms with Crippen LogP contribution in [0.5, 0.6) is 0 Å². The Morgan fingerprint density at radius 2 is 2.00 bits per heavy atom. The Kier molecular flexibility index (Phi) is 3.31. The van der Waals surface area contributed by atoms with Crippen LogP contribution in [-0.2, 0) is 0 Å². The minimum atomic E-state index is -2.46. The molecule has 2 rings (SSSR count). The van der Waals surface area contributed by atoms with Crippen LogP contribution in [0.3, 0.4) is 0 Å². The van der Waals surface area contributed by atoms with Gasteiger partial charge in [0.2, 0.25) is 5.92 Å². The quantitative estimate of drug-likeness (QED) is 0.840. The third-order valence-corrected chi connectivity index (χ3v) is 4.46. The van der Waals surface area contributed by atoms with Crippen molar-refractivity contribution in [2.45, 2.75) is 44.6 Å². The predicted octanol–water partition coefficient (Wildman–Crippen LogP) is 3.88. The topological polar surface area (TPSA) is 26.0 Å². The molecular weight excluding hydrogens is 228 g/mol. The van der Waals surface area contributed by atoms with Crippen LogP contribution in [0.15, 0.2) is 12.1 Å². The number of thiophene rings is 1. The van der Waals surface area contributed by atoms with Crippen molar-refractivity contribution in [2.24, 2.45) is 11.7 Å². The van der Waals surface area contributed by atoms with E-state index in [2.05, 4.69) is 0 Å². The summed E-state index contributed by atoms with van der Waals surface area (Å²) in [6.45, 7) is 2.04. The number of nitrogens with two attached hydrogens (primary N) is 1. The summed E-state index contributed by atoms with van der Waals surface area (Å²) < 4.78 is 26.0. The summed E-state index contributed by atoms with van der Waals surface area (Å²) in [5.74, 6) is -2.24. The maximum Gasteiger partial charge on any atom is 0.248 e. The number of rotatable bonds is 2. The average molecular weight is 245 g/mol. The summed E-state index contributed by atoms with van der Waals surface area (Å²) >= 11 is 1.68. The zero-order valence-electron chi connectivity index (χ0n) is 9.38. The fourth-order valence-electron chi connectivity index (χ4n) is 2.29. The average Bonchev–Trinajstić information content (AvgIpc) is 2.64. The van der Waals surface area contributed by atoms with Gasteiger partial charge in [-0.05, 0) is 37.8 Å². The molecule has 1 aliphatic carbocycles. The van der Waals surface area contributed by atoms with E-state index in [1.165, 1.54) is 4.88 Å². The molecule has 0 aromatic carbocycles. The molecule has 16 heavy (non-hydrogen) atoms. The maximum atomic E-state index is 13.0. The van der Waals surface area contributed by atoms with Crippen LogP contribution in [0.1, 0.15) is 41.5 Å². The maximum absolute atomic E-state index is 13.0. The fraction of sp³-hybridized carbons (Fsp3) is 0.667. The first kappa shape index (κ1) is 12.0. The molecule has 1 heterocycles. The molecule has 0 bridgehead atoms. The smallest absolute Gasteiger partial charge is 0.248 e. The third-order valence-electron chi connectivity index (χ3n) is 3.36. The van der Waals surface area contributed by atoms with E-state index in [0.29, 0.717) is 12.8 Å². The Morgan fingerprint density at radius 3 is 2.50 bits per heavy atom. The zero-order valence-corrected chi connectivity index (χ0v) is 10.2. The van der Waals surface area contributed by atoms with E-state index in [-0.39, 0.29) is 24.8 Å². The molecule has 0 radical (unpaired) electrons. The van der Waals surface area contributed by atoms with Crippen LogP contribution in [0.2, 0.25) is 0 Å². The van der Waals surface area contributed by atoms with E-state index in [9.17, 15) is 8.78 Å². The Morgan fingerprint density at radius 1 is 1.38 bits per heavy atom. The van der Waals surface area contributed by atoms with Gasteiger partial charge < -0.3 is 5.73 Å². The highest BCUT2D eigenvalue weighted by Crippen LogP contribution is 2.41. The van der Waals surface area contributed by atoms with Crippen LogP contribution < -0.4 is 5.73 Å². The van der Waals surface area contributed by atoms with Crippen molar-refractivity contribution >= 4 is 11.3 Å². The highest BCUT2D eigenvalue weighted by atomic mass is 32.1. The lowest BCUT2D eigenvalue weighted by Gasteiger charge is -2.31. The fourth-order valence-corrected chi connectivity index (χ4v) is 3.26. The lowest BCUT2D eigenvalue weighted by molar-refractivity contribution is -0.0482. The molecular formula is C12H17F2NS. The third kappa shape index (κ3) is 2.61. The minimum Gasteiger partial charge on any atom is -0.323 e. The van der Waals surface area contributed by atoms with Gasteiger partial charge in [-0.15, -0.1) is 11.3 Å². The van der Waals surface area contributed by atoms with Crippen LogP contribution >= 0.6 is 11.3 Å². The van der Waals surface area contributed by atoms with E-state index >= 15 is 0 Å². The van der Waals surface area contributed by atoms with Crippen LogP contribution in [0.25, 0.3) is 0 Å². The summed E-state index contributed by atoms with van der Waals surface area (Å²) in [7, 11) is 0. The van der Waals surface area contributed by atoms with Crippen molar-refractivity contribution in [3.05, 3.63) is 21.9 Å². The molecule has 1 fully saturated rings. The van der Waals surface area contributed by atoms with Gasteiger partial charge in [-0.25, -0.2) is 8.78 Å². The van der Waals surface area contributed by atoms with Crippen molar-refractivity contribution in [3.63, 3.8) is 0 Å². The molecule has 0 amide bonds. The summed E-state index contributed by atoms with van der Waals surface area (Å²) in [4.78, 5) is 2.36. The highest BCUT2D eigenvalue weighted by molar-refractivity contribution is 7.12. The SMILES string of the molecule is Cc1ccc(C(N)C2CCC(F)(F)CC2)s1. The zero-order chi connectivity index (χ0) is 11.8. The first-order chi connectivity index (χ1) is 7.48. The Labute approximate surface area is 98.7 Å². The van der Waals surface area contributed by atoms with Gasteiger partial charge in [-0.2, -0.15) is 0 Å². The van der Waals surface area contributed by atoms with Gasteiger partial charge in [0.15, 0.2) is 0 Å². The summed E-state index contributed by atoms with van der Waals surface area (Å²) in [5.41, 5.74) is 6.14. The van der Waals surface area contributed by atoms with Crippen molar-refractivity contribution in [1.29, 1.82) is 0 Å². The number of aryl methyl sites for hydroxylation is 1. The van der Waals surface area contributed by atoms with Gasteiger partial charge in [0, 0.05) is 28.6 Å². The molecule has 1 aromatic rings. The largest absolute Gasteiger partial charge is 0.323 e. The van der Waals surface area contributed by atoms with Gasteiger partial charge in [0.25, 0.3) is 0 Å². The van der Waals surface area contributed by atoms with E-state index < -0.39 is 5.92 Å². The number of hydrogen-bond donors (Lipinski definition) is 1. The van der Waals surface area contributed by atoms with Gasteiger partial charge in [0.05, 0.1) is 0 Å². The van der Waals surface area contributed by atoms with Gasteiger partial charge >= 0.3 is 0 Å². The van der Waals surface area contributed by atoms with E-state index in [0.717, 1.165) is 4.88 Å². The molecule has 2 N–H and O–H groups in total. The molecule has 1 atom stereocenters. The molecule has 1 nitrogen and oxygen atoms in total. The Balaban J connectivity index is 1.99. The van der Waals surface area contributed by atoms with Gasteiger partial charge in [0.1, 0.15) is 0 Å². The summed E-state index contributed by atoms with van der Waals surface area (Å²) in [5, 5.41) is 0. The molecule has 90 valence electrons. The molecule has 1 saturated carbocycles. The van der Waals surface area contributed by atoms with E-state index in [1.54, 1.807) is 11.3 Å². The normalized spacial score (nSPS) is 23.2. The Bertz CT molecular complexity index is 352. The molecule has 1 aliphatic rings. The molecule has 1 unspecified atom stereocenters. The number of hydrogen-bond acceptors (Lipinski definition) is 2. The summed E-state index contributed by atoms with van der Waals surface area (Å²) in [6.07, 6.45) is 1.08. The van der Waals surface area contributed by atoms with E-state index in [1.807, 2.05) is 19.1 Å².